The molecule has 1 atom stereocenters. The molecule has 0 saturated heterocycles. The Morgan fingerprint density at radius 2 is 2.10 bits per heavy atom. The van der Waals surface area contributed by atoms with E-state index in [9.17, 15) is 14.9 Å². The summed E-state index contributed by atoms with van der Waals surface area (Å²) in [5.74, 6) is -0.453. The summed E-state index contributed by atoms with van der Waals surface area (Å²) in [4.78, 5) is 22.8. The molecular weight excluding hydrogens is 298 g/mol. The molecule has 1 unspecified atom stereocenters. The number of carbonyl (C=O) groups is 1. The van der Waals surface area contributed by atoms with Crippen molar-refractivity contribution in [1.29, 1.82) is 0 Å². The van der Waals surface area contributed by atoms with Gasteiger partial charge in [0.2, 0.25) is 5.69 Å². The van der Waals surface area contributed by atoms with Crippen molar-refractivity contribution in [2.75, 3.05) is 6.54 Å². The van der Waals surface area contributed by atoms with Gasteiger partial charge in [0.1, 0.15) is 5.69 Å². The summed E-state index contributed by atoms with van der Waals surface area (Å²) in [5.41, 5.74) is 4.95. The van der Waals surface area contributed by atoms with Crippen LogP contribution in [0.15, 0.2) is 0 Å². The van der Waals surface area contributed by atoms with Gasteiger partial charge in [0.25, 0.3) is 5.91 Å². The molecule has 3 N–H and O–H groups in total. The number of hydrogen-bond donors (Lipinski definition) is 2. The summed E-state index contributed by atoms with van der Waals surface area (Å²) in [6, 6.07) is 0. The molecule has 1 heterocycles. The second kappa shape index (κ2) is 6.86. The van der Waals surface area contributed by atoms with Crippen molar-refractivity contribution in [2.45, 2.75) is 33.2 Å². The van der Waals surface area contributed by atoms with Gasteiger partial charge in [-0.15, -0.1) is 12.4 Å². The maximum Gasteiger partial charge on any atom is 0.322 e. The van der Waals surface area contributed by atoms with E-state index in [1.807, 2.05) is 20.8 Å². The highest BCUT2D eigenvalue weighted by atomic mass is 35.5. The lowest BCUT2D eigenvalue weighted by Gasteiger charge is -2.33. The molecule has 0 aliphatic rings. The minimum atomic E-state index is -0.636. The molecule has 0 aromatic carbocycles. The normalized spacial score (nSPS) is 13.5. The number of hydrogen-bond acceptors (Lipinski definition) is 5. The number of rotatable bonds is 5. The fraction of sp³-hybridized carbons (Fsp3) is 0.667. The van der Waals surface area contributed by atoms with Crippen molar-refractivity contribution in [3.63, 3.8) is 0 Å². The predicted molar refractivity (Wildman–Crippen MR) is 81.6 cm³/mol. The van der Waals surface area contributed by atoms with E-state index < -0.39 is 16.4 Å². The van der Waals surface area contributed by atoms with Gasteiger partial charge in [0.15, 0.2) is 0 Å². The van der Waals surface area contributed by atoms with Gasteiger partial charge < -0.3 is 11.1 Å². The van der Waals surface area contributed by atoms with Crippen LogP contribution in [-0.2, 0) is 7.05 Å². The minimum Gasteiger partial charge on any atom is -0.344 e. The SMILES string of the molecule is Cc1nn(C)c(C(=O)NC(C)(CN)C(C)C)c1[N+](=O)[O-].Cl. The van der Waals surface area contributed by atoms with Gasteiger partial charge in [-0.3, -0.25) is 19.6 Å². The van der Waals surface area contributed by atoms with Crippen molar-refractivity contribution in [3.8, 4) is 0 Å². The molecule has 0 spiro atoms. The summed E-state index contributed by atoms with van der Waals surface area (Å²) in [5, 5.41) is 17.8. The van der Waals surface area contributed by atoms with Crippen molar-refractivity contribution >= 4 is 24.0 Å². The van der Waals surface area contributed by atoms with Crippen molar-refractivity contribution in [1.82, 2.24) is 15.1 Å². The van der Waals surface area contributed by atoms with Crippen LogP contribution in [0.2, 0.25) is 0 Å². The quantitative estimate of drug-likeness (QED) is 0.624. The van der Waals surface area contributed by atoms with Gasteiger partial charge >= 0.3 is 5.69 Å². The van der Waals surface area contributed by atoms with Crippen molar-refractivity contribution in [2.24, 2.45) is 18.7 Å². The monoisotopic (exact) mass is 319 g/mol. The van der Waals surface area contributed by atoms with E-state index in [4.69, 9.17) is 5.73 Å². The largest absolute Gasteiger partial charge is 0.344 e. The van der Waals surface area contributed by atoms with Crippen LogP contribution in [-0.4, -0.2) is 32.7 Å². The van der Waals surface area contributed by atoms with Crippen molar-refractivity contribution in [3.05, 3.63) is 21.5 Å². The maximum absolute atomic E-state index is 12.4. The number of amides is 1. The molecule has 1 rings (SSSR count). The Morgan fingerprint density at radius 3 is 2.48 bits per heavy atom. The Morgan fingerprint density at radius 1 is 1.57 bits per heavy atom. The Labute approximate surface area is 129 Å². The van der Waals surface area contributed by atoms with Crippen LogP contribution in [0.25, 0.3) is 0 Å². The lowest BCUT2D eigenvalue weighted by molar-refractivity contribution is -0.385. The highest BCUT2D eigenvalue weighted by molar-refractivity contribution is 5.97. The van der Waals surface area contributed by atoms with E-state index in [0.717, 1.165) is 0 Å². The molecule has 0 bridgehead atoms. The zero-order chi connectivity index (χ0) is 15.7. The first-order valence-electron chi connectivity index (χ1n) is 6.34. The Kier molecular flexibility index (Phi) is 6.31. The Bertz CT molecular complexity index is 543. The Hall–Kier alpha value is -1.67. The summed E-state index contributed by atoms with van der Waals surface area (Å²) >= 11 is 0. The first kappa shape index (κ1) is 19.3. The standard InChI is InChI=1S/C12H21N5O3.ClH/c1-7(2)12(4,6-13)14-11(18)10-9(17(19)20)8(3)15-16(10)5;/h7H,6,13H2,1-5H3,(H,14,18);1H. The smallest absolute Gasteiger partial charge is 0.322 e. The van der Waals surface area contributed by atoms with Gasteiger partial charge in [0.05, 0.1) is 10.5 Å². The number of carbonyl (C=O) groups excluding carboxylic acids is 1. The summed E-state index contributed by atoms with van der Waals surface area (Å²) in [6.07, 6.45) is 0. The molecule has 1 amide bonds. The zero-order valence-corrected chi connectivity index (χ0v) is 13.7. The number of nitrogens with zero attached hydrogens (tertiary/aromatic N) is 3. The zero-order valence-electron chi connectivity index (χ0n) is 12.8. The van der Waals surface area contributed by atoms with Crippen molar-refractivity contribution < 1.29 is 9.72 Å². The molecule has 0 radical (unpaired) electrons. The molecule has 0 fully saturated rings. The van der Waals surface area contributed by atoms with Crippen LogP contribution in [0.1, 0.15) is 37.0 Å². The molecule has 0 saturated carbocycles. The number of halogens is 1. The molecule has 9 heteroatoms. The second-order valence-electron chi connectivity index (χ2n) is 5.39. The van der Waals surface area contributed by atoms with Crippen LogP contribution >= 0.6 is 12.4 Å². The number of nitrogens with one attached hydrogen (secondary N) is 1. The van der Waals surface area contributed by atoms with Crippen LogP contribution < -0.4 is 11.1 Å². The third-order valence-corrected chi connectivity index (χ3v) is 3.69. The van der Waals surface area contributed by atoms with Gasteiger partial charge in [-0.1, -0.05) is 13.8 Å². The van der Waals surface area contributed by atoms with E-state index in [1.54, 1.807) is 0 Å². The number of nitrogens with two attached hydrogens (primary N) is 1. The number of nitro groups is 1. The molecular formula is C12H22ClN5O3. The lowest BCUT2D eigenvalue weighted by Crippen LogP contribution is -2.55. The highest BCUT2D eigenvalue weighted by Crippen LogP contribution is 2.23. The van der Waals surface area contributed by atoms with Crippen LogP contribution in [0.5, 0.6) is 0 Å². The second-order valence-corrected chi connectivity index (χ2v) is 5.39. The van der Waals surface area contributed by atoms with Gasteiger partial charge in [-0.2, -0.15) is 5.10 Å². The molecule has 0 aliphatic heterocycles. The maximum atomic E-state index is 12.4. The van der Waals surface area contributed by atoms with Crippen LogP contribution in [0, 0.1) is 23.0 Å². The molecule has 1 aromatic heterocycles. The number of aromatic nitrogens is 2. The van der Waals surface area contributed by atoms with E-state index in [1.165, 1.54) is 18.7 Å². The summed E-state index contributed by atoms with van der Waals surface area (Å²) < 4.78 is 1.22. The third-order valence-electron chi connectivity index (χ3n) is 3.69. The highest BCUT2D eigenvalue weighted by Gasteiger charge is 2.34. The lowest BCUT2D eigenvalue weighted by atomic mass is 9.88. The summed E-state index contributed by atoms with van der Waals surface area (Å²) in [6.45, 7) is 7.40. The third kappa shape index (κ3) is 3.70. The minimum absolute atomic E-state index is 0. The number of aryl methyl sites for hydroxylation is 2. The molecule has 0 aliphatic carbocycles. The van der Waals surface area contributed by atoms with Gasteiger partial charge in [-0.05, 0) is 19.8 Å². The van der Waals surface area contributed by atoms with Gasteiger partial charge in [-0.25, -0.2) is 0 Å². The topological polar surface area (TPSA) is 116 Å². The van der Waals surface area contributed by atoms with Crippen LogP contribution in [0.3, 0.4) is 0 Å². The van der Waals surface area contributed by atoms with E-state index >= 15 is 0 Å². The van der Waals surface area contributed by atoms with E-state index in [0.29, 0.717) is 0 Å². The molecule has 1 aromatic rings. The predicted octanol–water partition coefficient (Wildman–Crippen LogP) is 1.16. The fourth-order valence-electron chi connectivity index (χ4n) is 1.87. The Balaban J connectivity index is 0.00000400. The van der Waals surface area contributed by atoms with E-state index in [2.05, 4.69) is 10.4 Å². The fourth-order valence-corrected chi connectivity index (χ4v) is 1.87. The average Bonchev–Trinajstić information content (AvgIpc) is 2.63. The van der Waals surface area contributed by atoms with E-state index in [-0.39, 0.29) is 41.9 Å². The first-order chi connectivity index (χ1) is 9.14. The summed E-state index contributed by atoms with van der Waals surface area (Å²) in [7, 11) is 1.50. The van der Waals surface area contributed by atoms with Gasteiger partial charge in [0, 0.05) is 13.6 Å². The first-order valence-corrected chi connectivity index (χ1v) is 6.34. The average molecular weight is 320 g/mol. The molecule has 8 nitrogen and oxygen atoms in total. The molecule has 21 heavy (non-hydrogen) atoms. The molecule has 120 valence electrons. The van der Waals surface area contributed by atoms with Crippen LogP contribution in [0.4, 0.5) is 5.69 Å².